The van der Waals surface area contributed by atoms with E-state index in [0.717, 1.165) is 43.5 Å². The average Bonchev–Trinajstić information content (AvgIpc) is 3.14. The quantitative estimate of drug-likeness (QED) is 0.650. The van der Waals surface area contributed by atoms with Gasteiger partial charge < -0.3 is 20.3 Å². The van der Waals surface area contributed by atoms with Crippen molar-refractivity contribution in [3.63, 3.8) is 0 Å². The van der Waals surface area contributed by atoms with Crippen molar-refractivity contribution in [2.24, 2.45) is 4.99 Å². The molecular formula is C20H26N4O. The summed E-state index contributed by atoms with van der Waals surface area (Å²) in [5.74, 6) is 1.77. The fraction of sp³-hybridized carbons (Fsp3) is 0.350. The predicted molar refractivity (Wildman–Crippen MR) is 103 cm³/mol. The zero-order chi connectivity index (χ0) is 17.5. The summed E-state index contributed by atoms with van der Waals surface area (Å²) in [6, 6.07) is 18.9. The highest BCUT2D eigenvalue weighted by molar-refractivity contribution is 5.80. The maximum atomic E-state index is 5.48. The van der Waals surface area contributed by atoms with Crippen LogP contribution in [0.4, 0.5) is 5.69 Å². The number of ether oxygens (including phenoxy) is 1. The van der Waals surface area contributed by atoms with Gasteiger partial charge in [0, 0.05) is 32.7 Å². The third kappa shape index (κ3) is 4.44. The van der Waals surface area contributed by atoms with Gasteiger partial charge in [-0.05, 0) is 24.1 Å². The van der Waals surface area contributed by atoms with Crippen molar-refractivity contribution in [1.82, 2.24) is 10.6 Å². The number of hydrogen-bond donors (Lipinski definition) is 2. The fourth-order valence-corrected chi connectivity index (χ4v) is 3.16. The maximum Gasteiger partial charge on any atom is 0.191 e. The lowest BCUT2D eigenvalue weighted by molar-refractivity contribution is 0.415. The molecule has 0 bridgehead atoms. The zero-order valence-corrected chi connectivity index (χ0v) is 14.9. The maximum absolute atomic E-state index is 5.48. The van der Waals surface area contributed by atoms with E-state index in [2.05, 4.69) is 56.9 Å². The minimum absolute atomic E-state index is 0.367. The van der Waals surface area contributed by atoms with E-state index in [0.29, 0.717) is 6.04 Å². The number of guanidine groups is 1. The van der Waals surface area contributed by atoms with Gasteiger partial charge in [-0.1, -0.05) is 42.5 Å². The van der Waals surface area contributed by atoms with Gasteiger partial charge in [-0.15, -0.1) is 0 Å². The van der Waals surface area contributed by atoms with Crippen molar-refractivity contribution < 1.29 is 4.74 Å². The Morgan fingerprint density at radius 1 is 1.16 bits per heavy atom. The molecule has 1 aliphatic rings. The second-order valence-electron chi connectivity index (χ2n) is 6.16. The number of nitrogens with zero attached hydrogens (tertiary/aromatic N) is 2. The van der Waals surface area contributed by atoms with Gasteiger partial charge >= 0.3 is 0 Å². The first kappa shape index (κ1) is 17.1. The average molecular weight is 338 g/mol. The number of benzene rings is 2. The van der Waals surface area contributed by atoms with Crippen molar-refractivity contribution >= 4 is 11.6 Å². The summed E-state index contributed by atoms with van der Waals surface area (Å²) in [5, 5.41) is 6.91. The second kappa shape index (κ2) is 8.42. The van der Waals surface area contributed by atoms with Crippen molar-refractivity contribution in [3.05, 3.63) is 60.2 Å². The monoisotopic (exact) mass is 338 g/mol. The molecule has 132 valence electrons. The standard InChI is InChI=1S/C20H26N4O/c1-21-20(22-14-16-8-4-3-5-9-16)23-17-12-13-24(15-17)18-10-6-7-11-19(18)25-2/h3-11,17H,12-15H2,1-2H3,(H2,21,22,23). The first-order valence-electron chi connectivity index (χ1n) is 8.69. The predicted octanol–water partition coefficient (Wildman–Crippen LogP) is 2.64. The molecule has 1 unspecified atom stereocenters. The van der Waals surface area contributed by atoms with Gasteiger partial charge in [0.05, 0.1) is 12.8 Å². The topological polar surface area (TPSA) is 48.9 Å². The Hall–Kier alpha value is -2.69. The molecular weight excluding hydrogens is 312 g/mol. The molecule has 0 spiro atoms. The van der Waals surface area contributed by atoms with E-state index in [1.54, 1.807) is 7.11 Å². The Kier molecular flexibility index (Phi) is 5.77. The van der Waals surface area contributed by atoms with Crippen LogP contribution in [-0.4, -0.2) is 39.2 Å². The molecule has 5 nitrogen and oxygen atoms in total. The van der Waals surface area contributed by atoms with Gasteiger partial charge in [0.15, 0.2) is 5.96 Å². The van der Waals surface area contributed by atoms with E-state index in [1.807, 2.05) is 25.2 Å². The van der Waals surface area contributed by atoms with E-state index in [1.165, 1.54) is 5.56 Å². The highest BCUT2D eigenvalue weighted by Crippen LogP contribution is 2.30. The SMILES string of the molecule is CN=C(NCc1ccccc1)NC1CCN(c2ccccc2OC)C1. The fourth-order valence-electron chi connectivity index (χ4n) is 3.16. The highest BCUT2D eigenvalue weighted by Gasteiger charge is 2.25. The molecule has 0 radical (unpaired) electrons. The third-order valence-corrected chi connectivity index (χ3v) is 4.48. The van der Waals surface area contributed by atoms with E-state index in [-0.39, 0.29) is 0 Å². The number of rotatable bonds is 5. The second-order valence-corrected chi connectivity index (χ2v) is 6.16. The van der Waals surface area contributed by atoms with E-state index in [4.69, 9.17) is 4.74 Å². The van der Waals surface area contributed by atoms with Crippen molar-refractivity contribution in [1.29, 1.82) is 0 Å². The summed E-state index contributed by atoms with van der Waals surface area (Å²) < 4.78 is 5.48. The van der Waals surface area contributed by atoms with Gasteiger partial charge in [-0.25, -0.2) is 0 Å². The number of para-hydroxylation sites is 2. The molecule has 0 aromatic heterocycles. The van der Waals surface area contributed by atoms with Crippen LogP contribution in [0.5, 0.6) is 5.75 Å². The van der Waals surface area contributed by atoms with Crippen LogP contribution in [0.25, 0.3) is 0 Å². The largest absolute Gasteiger partial charge is 0.495 e. The van der Waals surface area contributed by atoms with Crippen LogP contribution in [0.2, 0.25) is 0 Å². The lowest BCUT2D eigenvalue weighted by Gasteiger charge is -2.22. The molecule has 0 amide bonds. The highest BCUT2D eigenvalue weighted by atomic mass is 16.5. The van der Waals surface area contributed by atoms with Crippen LogP contribution in [-0.2, 0) is 6.54 Å². The first-order valence-corrected chi connectivity index (χ1v) is 8.69. The third-order valence-electron chi connectivity index (χ3n) is 4.48. The molecule has 1 saturated heterocycles. The zero-order valence-electron chi connectivity index (χ0n) is 14.9. The van der Waals surface area contributed by atoms with Crippen LogP contribution >= 0.6 is 0 Å². The number of anilines is 1. The lowest BCUT2D eigenvalue weighted by atomic mass is 10.2. The molecule has 2 aromatic carbocycles. The summed E-state index contributed by atoms with van der Waals surface area (Å²) in [5.41, 5.74) is 2.40. The van der Waals surface area contributed by atoms with Gasteiger partial charge in [0.1, 0.15) is 5.75 Å². The Morgan fingerprint density at radius 2 is 1.92 bits per heavy atom. The van der Waals surface area contributed by atoms with Gasteiger partial charge in [0.25, 0.3) is 0 Å². The normalized spacial score (nSPS) is 17.4. The van der Waals surface area contributed by atoms with Crippen molar-refractivity contribution in [3.8, 4) is 5.75 Å². The summed E-state index contributed by atoms with van der Waals surface area (Å²) in [6.45, 7) is 2.71. The summed E-state index contributed by atoms with van der Waals surface area (Å²) in [4.78, 5) is 6.71. The molecule has 1 aliphatic heterocycles. The van der Waals surface area contributed by atoms with E-state index >= 15 is 0 Å². The van der Waals surface area contributed by atoms with Crippen molar-refractivity contribution in [2.75, 3.05) is 32.1 Å². The summed E-state index contributed by atoms with van der Waals surface area (Å²) in [6.07, 6.45) is 1.07. The first-order chi connectivity index (χ1) is 12.3. The molecule has 3 rings (SSSR count). The van der Waals surface area contributed by atoms with Crippen LogP contribution in [0.15, 0.2) is 59.6 Å². The molecule has 0 saturated carbocycles. The van der Waals surface area contributed by atoms with Crippen LogP contribution < -0.4 is 20.3 Å². The molecule has 25 heavy (non-hydrogen) atoms. The Bertz CT molecular complexity index is 702. The van der Waals surface area contributed by atoms with E-state index < -0.39 is 0 Å². The molecule has 0 aliphatic carbocycles. The van der Waals surface area contributed by atoms with Gasteiger partial charge in [-0.2, -0.15) is 0 Å². The number of nitrogens with one attached hydrogen (secondary N) is 2. The minimum Gasteiger partial charge on any atom is -0.495 e. The van der Waals surface area contributed by atoms with E-state index in [9.17, 15) is 0 Å². The smallest absolute Gasteiger partial charge is 0.191 e. The van der Waals surface area contributed by atoms with Gasteiger partial charge in [0.2, 0.25) is 0 Å². The lowest BCUT2D eigenvalue weighted by Crippen LogP contribution is -2.44. The minimum atomic E-state index is 0.367. The molecule has 2 N–H and O–H groups in total. The van der Waals surface area contributed by atoms with Crippen LogP contribution in [0.3, 0.4) is 0 Å². The molecule has 1 fully saturated rings. The Labute approximate surface area is 149 Å². The molecule has 1 atom stereocenters. The number of hydrogen-bond acceptors (Lipinski definition) is 3. The molecule has 2 aromatic rings. The van der Waals surface area contributed by atoms with Crippen LogP contribution in [0.1, 0.15) is 12.0 Å². The summed E-state index contributed by atoms with van der Waals surface area (Å²) in [7, 11) is 3.53. The Balaban J connectivity index is 1.55. The number of methoxy groups -OCH3 is 1. The molecule has 1 heterocycles. The Morgan fingerprint density at radius 3 is 2.68 bits per heavy atom. The van der Waals surface area contributed by atoms with Crippen molar-refractivity contribution in [2.45, 2.75) is 19.0 Å². The number of aliphatic imine (C=N–C) groups is 1. The van der Waals surface area contributed by atoms with Crippen LogP contribution in [0, 0.1) is 0 Å². The molecule has 5 heteroatoms. The summed E-state index contributed by atoms with van der Waals surface area (Å²) >= 11 is 0. The van der Waals surface area contributed by atoms with Gasteiger partial charge in [-0.3, -0.25) is 4.99 Å².